The van der Waals surface area contributed by atoms with E-state index in [0.717, 1.165) is 49.2 Å². The molecule has 0 aliphatic carbocycles. The Hall–Kier alpha value is -2.44. The van der Waals surface area contributed by atoms with Gasteiger partial charge in [0.05, 0.1) is 10.0 Å². The smallest absolute Gasteiger partial charge is 0.220 e. The SMILES string of the molecule is CCc1cc(-c2c[nH]c3ncc(-c4ccc(Cl)s4)cc23)nc(N)n1. The van der Waals surface area contributed by atoms with Crippen LogP contribution in [0, 0.1) is 0 Å². The summed E-state index contributed by atoms with van der Waals surface area (Å²) in [6.45, 7) is 2.04. The zero-order valence-corrected chi connectivity index (χ0v) is 14.4. The summed E-state index contributed by atoms with van der Waals surface area (Å²) in [5, 5.41) is 0.997. The number of aryl methyl sites for hydroxylation is 1. The van der Waals surface area contributed by atoms with Gasteiger partial charge in [-0.15, -0.1) is 11.3 Å². The number of nitrogen functional groups attached to an aromatic ring is 1. The second kappa shape index (κ2) is 5.89. The molecule has 0 bridgehead atoms. The van der Waals surface area contributed by atoms with E-state index in [2.05, 4.69) is 26.0 Å². The lowest BCUT2D eigenvalue weighted by Gasteiger charge is -2.04. The lowest BCUT2D eigenvalue weighted by atomic mass is 10.1. The Morgan fingerprint density at radius 3 is 2.88 bits per heavy atom. The van der Waals surface area contributed by atoms with E-state index in [9.17, 15) is 0 Å². The largest absolute Gasteiger partial charge is 0.368 e. The molecular weight excluding hydrogens is 342 g/mol. The van der Waals surface area contributed by atoms with Gasteiger partial charge in [0.25, 0.3) is 0 Å². The van der Waals surface area contributed by atoms with Crippen LogP contribution in [0.2, 0.25) is 4.34 Å². The van der Waals surface area contributed by atoms with Gasteiger partial charge in [-0.1, -0.05) is 18.5 Å². The van der Waals surface area contributed by atoms with E-state index in [4.69, 9.17) is 17.3 Å². The van der Waals surface area contributed by atoms with Crippen LogP contribution >= 0.6 is 22.9 Å². The standard InChI is InChI=1S/C17H14ClN5S/c1-2-10-6-13(23-17(19)22-10)12-8-21-16-11(12)5-9(7-20-16)14-3-4-15(18)24-14/h3-8H,2H2,1H3,(H,20,21)(H2,19,22,23). The monoisotopic (exact) mass is 355 g/mol. The second-order valence-corrected chi connectivity index (χ2v) is 7.10. The van der Waals surface area contributed by atoms with Gasteiger partial charge in [0.2, 0.25) is 5.95 Å². The number of halogens is 1. The number of thiophene rings is 1. The van der Waals surface area contributed by atoms with Crippen LogP contribution in [0.15, 0.2) is 36.7 Å². The molecule has 5 nitrogen and oxygen atoms in total. The first-order valence-corrected chi connectivity index (χ1v) is 8.70. The normalized spacial score (nSPS) is 11.2. The van der Waals surface area contributed by atoms with Crippen LogP contribution in [-0.4, -0.2) is 19.9 Å². The van der Waals surface area contributed by atoms with E-state index < -0.39 is 0 Å². The number of hydrogen-bond acceptors (Lipinski definition) is 5. The molecule has 0 aliphatic heterocycles. The molecule has 4 aromatic heterocycles. The molecule has 4 rings (SSSR count). The van der Waals surface area contributed by atoms with Gasteiger partial charge in [0.15, 0.2) is 0 Å². The maximum absolute atomic E-state index is 6.05. The molecule has 0 amide bonds. The Labute approximate surface area is 147 Å². The molecule has 4 aromatic rings. The first-order chi connectivity index (χ1) is 11.6. The highest BCUT2D eigenvalue weighted by atomic mass is 35.5. The van der Waals surface area contributed by atoms with Crippen molar-refractivity contribution in [2.75, 3.05) is 5.73 Å². The number of hydrogen-bond donors (Lipinski definition) is 2. The summed E-state index contributed by atoms with van der Waals surface area (Å²) in [5.41, 5.74) is 10.4. The predicted octanol–water partition coefficient (Wildman–Crippen LogP) is 4.55. The third-order valence-electron chi connectivity index (χ3n) is 3.82. The summed E-state index contributed by atoms with van der Waals surface area (Å²) in [6, 6.07) is 7.95. The number of nitrogens with two attached hydrogens (primary N) is 1. The van der Waals surface area contributed by atoms with Crippen molar-refractivity contribution in [3.8, 4) is 21.7 Å². The van der Waals surface area contributed by atoms with E-state index in [-0.39, 0.29) is 5.95 Å². The quantitative estimate of drug-likeness (QED) is 0.565. The molecule has 0 saturated carbocycles. The number of nitrogens with zero attached hydrogens (tertiary/aromatic N) is 3. The van der Waals surface area contributed by atoms with Crippen molar-refractivity contribution >= 4 is 39.9 Å². The summed E-state index contributed by atoms with van der Waals surface area (Å²) in [5.74, 6) is 0.285. The third kappa shape index (κ3) is 2.64. The number of aromatic amines is 1. The van der Waals surface area contributed by atoms with Crippen molar-refractivity contribution in [2.45, 2.75) is 13.3 Å². The minimum Gasteiger partial charge on any atom is -0.368 e. The zero-order valence-electron chi connectivity index (χ0n) is 12.9. The van der Waals surface area contributed by atoms with Gasteiger partial charge >= 0.3 is 0 Å². The van der Waals surface area contributed by atoms with Crippen LogP contribution in [-0.2, 0) is 6.42 Å². The third-order valence-corrected chi connectivity index (χ3v) is 5.10. The molecule has 0 unspecified atom stereocenters. The van der Waals surface area contributed by atoms with Gasteiger partial charge in [-0.25, -0.2) is 15.0 Å². The Morgan fingerprint density at radius 1 is 1.25 bits per heavy atom. The van der Waals surface area contributed by atoms with Gasteiger partial charge in [-0.3, -0.25) is 0 Å². The molecule has 0 saturated heterocycles. The lowest BCUT2D eigenvalue weighted by molar-refractivity contribution is 1.01. The van der Waals surface area contributed by atoms with Crippen molar-refractivity contribution in [1.82, 2.24) is 19.9 Å². The van der Waals surface area contributed by atoms with Crippen LogP contribution in [0.3, 0.4) is 0 Å². The summed E-state index contributed by atoms with van der Waals surface area (Å²) in [7, 11) is 0. The highest BCUT2D eigenvalue weighted by Crippen LogP contribution is 2.34. The van der Waals surface area contributed by atoms with Crippen molar-refractivity contribution in [3.05, 3.63) is 46.7 Å². The van der Waals surface area contributed by atoms with Crippen LogP contribution in [0.1, 0.15) is 12.6 Å². The highest BCUT2D eigenvalue weighted by molar-refractivity contribution is 7.19. The number of nitrogens with one attached hydrogen (secondary N) is 1. The Bertz CT molecular complexity index is 1040. The second-order valence-electron chi connectivity index (χ2n) is 5.38. The van der Waals surface area contributed by atoms with Gasteiger partial charge in [-0.05, 0) is 30.7 Å². The first-order valence-electron chi connectivity index (χ1n) is 7.50. The van der Waals surface area contributed by atoms with Gasteiger partial charge < -0.3 is 10.7 Å². The number of fused-ring (bicyclic) bond motifs is 1. The fourth-order valence-electron chi connectivity index (χ4n) is 2.66. The number of H-pyrrole nitrogens is 1. The minimum absolute atomic E-state index is 0.285. The Kier molecular flexibility index (Phi) is 3.70. The average Bonchev–Trinajstić information content (AvgIpc) is 3.19. The van der Waals surface area contributed by atoms with Crippen LogP contribution in [0.5, 0.6) is 0 Å². The topological polar surface area (TPSA) is 80.5 Å². The molecule has 0 aromatic carbocycles. The predicted molar refractivity (Wildman–Crippen MR) is 99.2 cm³/mol. The molecule has 0 fully saturated rings. The average molecular weight is 356 g/mol. The van der Waals surface area contributed by atoms with Crippen molar-refractivity contribution < 1.29 is 0 Å². The molecule has 0 aliphatic rings. The van der Waals surface area contributed by atoms with Gasteiger partial charge in [0, 0.05) is 39.5 Å². The number of pyridine rings is 1. The Balaban J connectivity index is 1.89. The minimum atomic E-state index is 0.285. The number of aromatic nitrogens is 4. The summed E-state index contributed by atoms with van der Waals surface area (Å²) < 4.78 is 0.760. The molecule has 120 valence electrons. The van der Waals surface area contributed by atoms with Crippen molar-refractivity contribution in [3.63, 3.8) is 0 Å². The first kappa shape index (κ1) is 15.1. The van der Waals surface area contributed by atoms with Crippen molar-refractivity contribution in [2.24, 2.45) is 0 Å². The van der Waals surface area contributed by atoms with Gasteiger partial charge in [-0.2, -0.15) is 0 Å². The van der Waals surface area contributed by atoms with E-state index in [0.29, 0.717) is 0 Å². The molecule has 24 heavy (non-hydrogen) atoms. The molecule has 7 heteroatoms. The molecule has 4 heterocycles. The highest BCUT2D eigenvalue weighted by Gasteiger charge is 2.12. The maximum atomic E-state index is 6.05. The van der Waals surface area contributed by atoms with E-state index in [1.54, 1.807) is 0 Å². The van der Waals surface area contributed by atoms with Crippen LogP contribution < -0.4 is 5.73 Å². The molecule has 0 radical (unpaired) electrons. The maximum Gasteiger partial charge on any atom is 0.220 e. The molecule has 0 atom stereocenters. The van der Waals surface area contributed by atoms with Crippen molar-refractivity contribution in [1.29, 1.82) is 0 Å². The molecular formula is C17H14ClN5S. The zero-order chi connectivity index (χ0) is 16.7. The lowest BCUT2D eigenvalue weighted by Crippen LogP contribution is -2.00. The fraction of sp³-hybridized carbons (Fsp3) is 0.118. The Morgan fingerprint density at radius 2 is 2.12 bits per heavy atom. The number of anilines is 1. The van der Waals surface area contributed by atoms with Crippen LogP contribution in [0.4, 0.5) is 5.95 Å². The van der Waals surface area contributed by atoms with E-state index >= 15 is 0 Å². The molecule has 3 N–H and O–H groups in total. The summed E-state index contributed by atoms with van der Waals surface area (Å²) >= 11 is 7.58. The number of rotatable bonds is 3. The van der Waals surface area contributed by atoms with Gasteiger partial charge in [0.1, 0.15) is 5.65 Å². The molecule has 0 spiro atoms. The fourth-order valence-corrected chi connectivity index (χ4v) is 3.68. The van der Waals surface area contributed by atoms with E-state index in [1.165, 1.54) is 11.3 Å². The van der Waals surface area contributed by atoms with Crippen LogP contribution in [0.25, 0.3) is 32.7 Å². The summed E-state index contributed by atoms with van der Waals surface area (Å²) in [4.78, 5) is 17.4. The summed E-state index contributed by atoms with van der Waals surface area (Å²) in [6.07, 6.45) is 4.56. The van der Waals surface area contributed by atoms with E-state index in [1.807, 2.05) is 37.5 Å².